The number of rotatable bonds is 1. The van der Waals surface area contributed by atoms with Crippen LogP contribution in [0.25, 0.3) is 0 Å². The summed E-state index contributed by atoms with van der Waals surface area (Å²) in [5, 5.41) is 11.2. The van der Waals surface area contributed by atoms with Gasteiger partial charge in [-0.25, -0.2) is 4.79 Å². The summed E-state index contributed by atoms with van der Waals surface area (Å²) in [5.41, 5.74) is 2.33. The summed E-state index contributed by atoms with van der Waals surface area (Å²) in [4.78, 5) is 12.6. The molecule has 0 aromatic heterocycles. The maximum atomic E-state index is 10.9. The average molecular weight is 248 g/mol. The summed E-state index contributed by atoms with van der Waals surface area (Å²) in [5.74, 6) is -0.831. The number of thioether (sulfide) groups is 2. The SMILES string of the molecule is O=C(O)C1=CC2=CSc3ccccc3C2S1. The summed E-state index contributed by atoms with van der Waals surface area (Å²) in [6.45, 7) is 0. The molecule has 0 fully saturated rings. The van der Waals surface area contributed by atoms with Crippen molar-refractivity contribution in [2.24, 2.45) is 0 Å². The summed E-state index contributed by atoms with van der Waals surface area (Å²) in [6, 6.07) is 8.16. The lowest BCUT2D eigenvalue weighted by Gasteiger charge is -2.19. The highest BCUT2D eigenvalue weighted by Gasteiger charge is 2.31. The van der Waals surface area contributed by atoms with Gasteiger partial charge in [0.25, 0.3) is 0 Å². The third kappa shape index (κ3) is 1.49. The number of allylic oxidation sites excluding steroid dienone is 1. The van der Waals surface area contributed by atoms with E-state index in [2.05, 4.69) is 17.5 Å². The minimum atomic E-state index is -0.831. The van der Waals surface area contributed by atoms with Crippen LogP contribution in [0.15, 0.2) is 51.1 Å². The van der Waals surface area contributed by atoms with E-state index in [1.807, 2.05) is 12.1 Å². The lowest BCUT2D eigenvalue weighted by Crippen LogP contribution is -1.99. The fraction of sp³-hybridized carbons (Fsp3) is 0.0833. The molecule has 2 aliphatic rings. The lowest BCUT2D eigenvalue weighted by atomic mass is 10.1. The molecule has 4 heteroatoms. The first-order chi connectivity index (χ1) is 7.75. The monoisotopic (exact) mass is 248 g/mol. The highest BCUT2D eigenvalue weighted by atomic mass is 32.2. The maximum Gasteiger partial charge on any atom is 0.342 e. The molecule has 1 N–H and O–H groups in total. The van der Waals surface area contributed by atoms with Gasteiger partial charge in [0.2, 0.25) is 0 Å². The van der Waals surface area contributed by atoms with E-state index in [-0.39, 0.29) is 5.25 Å². The first-order valence-electron chi connectivity index (χ1n) is 4.83. The molecule has 3 rings (SSSR count). The predicted octanol–water partition coefficient (Wildman–Crippen LogP) is 3.43. The van der Waals surface area contributed by atoms with Gasteiger partial charge in [-0.15, -0.1) is 11.8 Å². The zero-order valence-corrected chi connectivity index (χ0v) is 9.85. The number of hydrogen-bond acceptors (Lipinski definition) is 3. The molecule has 0 amide bonds. The molecule has 0 saturated heterocycles. The Balaban J connectivity index is 2.03. The van der Waals surface area contributed by atoms with E-state index in [4.69, 9.17) is 5.11 Å². The highest BCUT2D eigenvalue weighted by Crippen LogP contribution is 2.53. The number of aliphatic carboxylic acids is 1. The first-order valence-corrected chi connectivity index (χ1v) is 6.59. The number of benzene rings is 1. The second-order valence-electron chi connectivity index (χ2n) is 3.59. The maximum absolute atomic E-state index is 10.9. The van der Waals surface area contributed by atoms with Crippen LogP contribution >= 0.6 is 23.5 Å². The van der Waals surface area contributed by atoms with Gasteiger partial charge in [-0.2, -0.15) is 0 Å². The molecular formula is C12H8O2S2. The van der Waals surface area contributed by atoms with Gasteiger partial charge in [-0.1, -0.05) is 30.0 Å². The normalized spacial score (nSPS) is 21.9. The topological polar surface area (TPSA) is 37.3 Å². The second kappa shape index (κ2) is 3.71. The van der Waals surface area contributed by atoms with E-state index in [0.717, 1.165) is 5.57 Å². The van der Waals surface area contributed by atoms with Gasteiger partial charge < -0.3 is 5.11 Å². The average Bonchev–Trinajstić information content (AvgIpc) is 2.73. The molecule has 0 saturated carbocycles. The van der Waals surface area contributed by atoms with Gasteiger partial charge in [-0.05, 0) is 28.7 Å². The van der Waals surface area contributed by atoms with Crippen LogP contribution in [-0.4, -0.2) is 11.1 Å². The van der Waals surface area contributed by atoms with Gasteiger partial charge >= 0.3 is 5.97 Å². The van der Waals surface area contributed by atoms with Crippen LogP contribution in [0.3, 0.4) is 0 Å². The van der Waals surface area contributed by atoms with Gasteiger partial charge in [0.15, 0.2) is 0 Å². The largest absolute Gasteiger partial charge is 0.477 e. The molecule has 0 bridgehead atoms. The number of carboxylic acid groups (broad SMARTS) is 1. The van der Waals surface area contributed by atoms with Crippen molar-refractivity contribution in [3.05, 3.63) is 51.8 Å². The zero-order chi connectivity index (χ0) is 11.1. The van der Waals surface area contributed by atoms with Crippen LogP contribution in [0.4, 0.5) is 0 Å². The number of fused-ring (bicyclic) bond motifs is 3. The van der Waals surface area contributed by atoms with E-state index in [1.54, 1.807) is 17.8 Å². The molecule has 1 aromatic carbocycles. The number of hydrogen-bond donors (Lipinski definition) is 1. The van der Waals surface area contributed by atoms with Gasteiger partial charge in [0, 0.05) is 4.90 Å². The van der Waals surface area contributed by atoms with Crippen molar-refractivity contribution in [3.8, 4) is 0 Å². The Kier molecular flexibility index (Phi) is 2.33. The van der Waals surface area contributed by atoms with Crippen LogP contribution in [0.1, 0.15) is 10.8 Å². The van der Waals surface area contributed by atoms with Crippen molar-refractivity contribution in [1.29, 1.82) is 0 Å². The van der Waals surface area contributed by atoms with Crippen molar-refractivity contribution in [2.45, 2.75) is 10.1 Å². The van der Waals surface area contributed by atoms with Crippen LogP contribution in [-0.2, 0) is 4.79 Å². The van der Waals surface area contributed by atoms with E-state index >= 15 is 0 Å². The van der Waals surface area contributed by atoms with Crippen LogP contribution in [0.2, 0.25) is 0 Å². The van der Waals surface area contributed by atoms with E-state index in [9.17, 15) is 4.79 Å². The van der Waals surface area contributed by atoms with Crippen LogP contribution in [0.5, 0.6) is 0 Å². The lowest BCUT2D eigenvalue weighted by molar-refractivity contribution is -0.131. The first kappa shape index (κ1) is 10.1. The third-order valence-corrected chi connectivity index (χ3v) is 4.90. The summed E-state index contributed by atoms with van der Waals surface area (Å²) >= 11 is 3.09. The quantitative estimate of drug-likeness (QED) is 0.826. The molecule has 0 spiro atoms. The molecule has 1 atom stereocenters. The molecule has 2 aliphatic heterocycles. The van der Waals surface area contributed by atoms with Crippen molar-refractivity contribution in [3.63, 3.8) is 0 Å². The molecule has 80 valence electrons. The van der Waals surface area contributed by atoms with E-state index < -0.39 is 5.97 Å². The summed E-state index contributed by atoms with van der Waals surface area (Å²) in [6.07, 6.45) is 1.78. The Morgan fingerprint density at radius 2 is 2.12 bits per heavy atom. The molecule has 1 unspecified atom stereocenters. The van der Waals surface area contributed by atoms with Crippen molar-refractivity contribution >= 4 is 29.5 Å². The van der Waals surface area contributed by atoms with E-state index in [0.29, 0.717) is 4.91 Å². The molecule has 0 radical (unpaired) electrons. The third-order valence-electron chi connectivity index (χ3n) is 2.58. The van der Waals surface area contributed by atoms with Crippen LogP contribution in [0, 0.1) is 0 Å². The van der Waals surface area contributed by atoms with Gasteiger partial charge in [0.05, 0.1) is 10.2 Å². The fourth-order valence-corrected chi connectivity index (χ4v) is 4.11. The Bertz CT molecular complexity index is 532. The van der Waals surface area contributed by atoms with E-state index in [1.165, 1.54) is 22.2 Å². The molecule has 16 heavy (non-hydrogen) atoms. The van der Waals surface area contributed by atoms with Gasteiger partial charge in [0.1, 0.15) is 0 Å². The van der Waals surface area contributed by atoms with Gasteiger partial charge in [-0.3, -0.25) is 0 Å². The molecule has 2 heterocycles. The standard InChI is InChI=1S/C12H8O2S2/c13-12(14)10-5-7-6-15-9-4-2-1-3-8(9)11(7)16-10/h1-6,11H,(H,13,14). The van der Waals surface area contributed by atoms with Crippen molar-refractivity contribution in [2.75, 3.05) is 0 Å². The Morgan fingerprint density at radius 3 is 2.94 bits per heavy atom. The summed E-state index contributed by atoms with van der Waals surface area (Å²) < 4.78 is 0. The second-order valence-corrected chi connectivity index (χ2v) is 5.64. The Morgan fingerprint density at radius 1 is 1.31 bits per heavy atom. The Hall–Kier alpha value is -1.13. The van der Waals surface area contributed by atoms with Crippen LogP contribution < -0.4 is 0 Å². The van der Waals surface area contributed by atoms with Crippen molar-refractivity contribution < 1.29 is 9.90 Å². The zero-order valence-electron chi connectivity index (χ0n) is 8.21. The summed E-state index contributed by atoms with van der Waals surface area (Å²) in [7, 11) is 0. The smallest absolute Gasteiger partial charge is 0.342 e. The molecular weight excluding hydrogens is 240 g/mol. The molecule has 2 nitrogen and oxygen atoms in total. The predicted molar refractivity (Wildman–Crippen MR) is 66.4 cm³/mol. The number of carboxylic acids is 1. The molecule has 0 aliphatic carbocycles. The fourth-order valence-electron chi connectivity index (χ4n) is 1.84. The molecule has 1 aromatic rings. The number of carbonyl (C=O) groups is 1. The minimum Gasteiger partial charge on any atom is -0.477 e. The van der Waals surface area contributed by atoms with Crippen molar-refractivity contribution in [1.82, 2.24) is 0 Å². The highest BCUT2D eigenvalue weighted by molar-refractivity contribution is 8.05. The Labute approximate surface area is 101 Å². The minimum absolute atomic E-state index is 0.170.